The first-order valence-corrected chi connectivity index (χ1v) is 13.9. The number of benzene rings is 2. The molecule has 3 atom stereocenters. The summed E-state index contributed by atoms with van der Waals surface area (Å²) in [5, 5.41) is 2.82. The lowest BCUT2D eigenvalue weighted by molar-refractivity contribution is 0.155. The maximum Gasteiger partial charge on any atom is 0.411 e. The van der Waals surface area contributed by atoms with Crippen molar-refractivity contribution in [1.82, 2.24) is 4.72 Å². The molecule has 0 radical (unpaired) electrons. The van der Waals surface area contributed by atoms with Crippen LogP contribution in [-0.4, -0.2) is 20.6 Å². The number of amides is 1. The van der Waals surface area contributed by atoms with Crippen LogP contribution in [0.2, 0.25) is 4.34 Å². The average molecular weight is 517 g/mol. The van der Waals surface area contributed by atoms with Gasteiger partial charge in [-0.3, -0.25) is 5.32 Å². The van der Waals surface area contributed by atoms with E-state index in [2.05, 4.69) is 10.0 Å². The molecular formula is C25H25ClN2O4S2. The lowest BCUT2D eigenvalue weighted by Crippen LogP contribution is -2.41. The quantitative estimate of drug-likeness (QED) is 0.445. The monoisotopic (exact) mass is 516 g/mol. The molecule has 6 nitrogen and oxygen atoms in total. The van der Waals surface area contributed by atoms with Crippen molar-refractivity contribution >= 4 is 44.7 Å². The van der Waals surface area contributed by atoms with E-state index < -0.39 is 16.1 Å². The molecule has 1 heterocycles. The van der Waals surface area contributed by atoms with Gasteiger partial charge in [-0.1, -0.05) is 48.0 Å². The normalized spacial score (nSPS) is 21.5. The molecular weight excluding hydrogens is 492 g/mol. The highest BCUT2D eigenvalue weighted by molar-refractivity contribution is 7.91. The number of hydrogen-bond acceptors (Lipinski definition) is 5. The van der Waals surface area contributed by atoms with Gasteiger partial charge in [0.2, 0.25) is 10.0 Å². The third kappa shape index (κ3) is 5.15. The summed E-state index contributed by atoms with van der Waals surface area (Å²) in [5.74, 6) is 0.447. The number of sulfonamides is 1. The minimum Gasteiger partial charge on any atom is -0.444 e. The number of hydrogen-bond donors (Lipinski definition) is 2. The van der Waals surface area contributed by atoms with Crippen LogP contribution in [0.15, 0.2) is 64.9 Å². The van der Waals surface area contributed by atoms with Crippen LogP contribution in [0.25, 0.3) is 0 Å². The molecule has 1 fully saturated rings. The molecule has 2 aliphatic carbocycles. The number of carbonyl (C=O) groups is 1. The molecule has 0 aliphatic heterocycles. The maximum atomic E-state index is 12.9. The lowest BCUT2D eigenvalue weighted by atomic mass is 9.93. The molecule has 1 amide bonds. The van der Waals surface area contributed by atoms with Crippen LogP contribution < -0.4 is 10.0 Å². The zero-order valence-electron chi connectivity index (χ0n) is 18.4. The standard InChI is InChI=1S/C25H25ClN2O4S2/c26-22-10-11-23(33-22)34(30,31)28-24-18-6-7-19(24)13-20-14-21(9-8-17(20)12-18)27-25(29)32-15-16-4-2-1-3-5-16/h1-5,8-11,14,18-19,24,28H,6-7,12-13,15H2,(H,27,29). The van der Waals surface area contributed by atoms with Crippen molar-refractivity contribution in [2.24, 2.45) is 11.8 Å². The number of halogens is 1. The van der Waals surface area contributed by atoms with E-state index in [9.17, 15) is 13.2 Å². The van der Waals surface area contributed by atoms with Crippen molar-refractivity contribution in [2.75, 3.05) is 5.32 Å². The highest BCUT2D eigenvalue weighted by Crippen LogP contribution is 2.41. The minimum absolute atomic E-state index is 0.120. The van der Waals surface area contributed by atoms with E-state index >= 15 is 0 Å². The summed E-state index contributed by atoms with van der Waals surface area (Å²) < 4.78 is 34.9. The second-order valence-corrected chi connectivity index (χ2v) is 12.5. The summed E-state index contributed by atoms with van der Waals surface area (Å²) in [6, 6.07) is 18.5. The van der Waals surface area contributed by atoms with Gasteiger partial charge in [0.25, 0.3) is 0 Å². The number of rotatable bonds is 6. The number of thiophene rings is 1. The van der Waals surface area contributed by atoms with Crippen LogP contribution in [-0.2, 0) is 34.2 Å². The molecule has 1 saturated carbocycles. The summed E-state index contributed by atoms with van der Waals surface area (Å²) in [4.78, 5) is 12.3. The number of anilines is 1. The predicted molar refractivity (Wildman–Crippen MR) is 134 cm³/mol. The summed E-state index contributed by atoms with van der Waals surface area (Å²) in [5.41, 5.74) is 3.96. The molecule has 9 heteroatoms. The molecule has 178 valence electrons. The Hall–Kier alpha value is -2.39. The molecule has 3 unspecified atom stereocenters. The highest BCUT2D eigenvalue weighted by Gasteiger charge is 2.41. The van der Waals surface area contributed by atoms with Crippen LogP contribution in [0, 0.1) is 11.8 Å². The van der Waals surface area contributed by atoms with Gasteiger partial charge >= 0.3 is 6.09 Å². The number of nitrogens with one attached hydrogen (secondary N) is 2. The summed E-state index contributed by atoms with van der Waals surface area (Å²) in [7, 11) is -3.61. The molecule has 5 rings (SSSR count). The molecule has 2 bridgehead atoms. The fraction of sp³-hybridized carbons (Fsp3) is 0.320. The highest BCUT2D eigenvalue weighted by atomic mass is 35.5. The third-order valence-electron chi connectivity index (χ3n) is 6.66. The van der Waals surface area contributed by atoms with Gasteiger partial charge in [-0.05, 0) is 78.5 Å². The molecule has 0 saturated heterocycles. The van der Waals surface area contributed by atoms with Crippen LogP contribution >= 0.6 is 22.9 Å². The molecule has 3 aromatic rings. The van der Waals surface area contributed by atoms with Gasteiger partial charge in [0.1, 0.15) is 10.8 Å². The average Bonchev–Trinajstić information content (AvgIpc) is 3.37. The second-order valence-electron chi connectivity index (χ2n) is 8.88. The van der Waals surface area contributed by atoms with Gasteiger partial charge in [-0.25, -0.2) is 17.9 Å². The molecule has 34 heavy (non-hydrogen) atoms. The molecule has 2 aliphatic rings. The Bertz CT molecular complexity index is 1290. The Kier molecular flexibility index (Phi) is 6.66. The predicted octanol–water partition coefficient (Wildman–Crippen LogP) is 5.62. The van der Waals surface area contributed by atoms with Crippen molar-refractivity contribution in [1.29, 1.82) is 0 Å². The van der Waals surface area contributed by atoms with E-state index in [0.717, 1.165) is 48.1 Å². The SMILES string of the molecule is O=C(Nc1ccc2c(c1)CC1CCC(C2)C1NS(=O)(=O)c1ccc(Cl)s1)OCc1ccccc1. The van der Waals surface area contributed by atoms with E-state index in [1.54, 1.807) is 12.1 Å². The molecule has 2 N–H and O–H groups in total. The van der Waals surface area contributed by atoms with E-state index in [1.165, 1.54) is 5.56 Å². The molecule has 0 spiro atoms. The molecule has 2 aromatic carbocycles. The Labute approximate surface area is 208 Å². The number of carbonyl (C=O) groups excluding carboxylic acids is 1. The summed E-state index contributed by atoms with van der Waals surface area (Å²) >= 11 is 7.03. The van der Waals surface area contributed by atoms with Gasteiger partial charge in [0.15, 0.2) is 0 Å². The first-order valence-electron chi connectivity index (χ1n) is 11.2. The zero-order chi connectivity index (χ0) is 23.7. The van der Waals surface area contributed by atoms with Crippen molar-refractivity contribution < 1.29 is 17.9 Å². The van der Waals surface area contributed by atoms with E-state index in [1.807, 2.05) is 48.5 Å². The van der Waals surface area contributed by atoms with Crippen molar-refractivity contribution in [2.45, 2.75) is 42.5 Å². The van der Waals surface area contributed by atoms with Crippen molar-refractivity contribution in [3.05, 3.63) is 81.7 Å². The smallest absolute Gasteiger partial charge is 0.411 e. The largest absolute Gasteiger partial charge is 0.444 e. The number of fused-ring (bicyclic) bond motifs is 3. The minimum atomic E-state index is -3.61. The van der Waals surface area contributed by atoms with Gasteiger partial charge in [0.05, 0.1) is 4.34 Å². The fourth-order valence-corrected chi connectivity index (χ4v) is 7.91. The summed E-state index contributed by atoms with van der Waals surface area (Å²) in [6.45, 7) is 0.207. The Balaban J connectivity index is 1.26. The number of ether oxygens (including phenoxy) is 1. The summed E-state index contributed by atoms with van der Waals surface area (Å²) in [6.07, 6.45) is 3.04. The fourth-order valence-electron chi connectivity index (χ4n) is 5.04. The van der Waals surface area contributed by atoms with Gasteiger partial charge in [-0.15, -0.1) is 11.3 Å². The Morgan fingerprint density at radius 1 is 1.00 bits per heavy atom. The van der Waals surface area contributed by atoms with Crippen LogP contribution in [0.1, 0.15) is 29.5 Å². The van der Waals surface area contributed by atoms with Crippen LogP contribution in [0.5, 0.6) is 0 Å². The third-order valence-corrected chi connectivity index (χ3v) is 9.84. The topological polar surface area (TPSA) is 84.5 Å². The Morgan fingerprint density at radius 2 is 1.74 bits per heavy atom. The second kappa shape index (κ2) is 9.70. The van der Waals surface area contributed by atoms with Crippen molar-refractivity contribution in [3.8, 4) is 0 Å². The lowest BCUT2D eigenvalue weighted by Gasteiger charge is -2.23. The Morgan fingerprint density at radius 3 is 2.44 bits per heavy atom. The van der Waals surface area contributed by atoms with Crippen LogP contribution in [0.4, 0.5) is 10.5 Å². The van der Waals surface area contributed by atoms with Gasteiger partial charge in [0, 0.05) is 11.7 Å². The van der Waals surface area contributed by atoms with Gasteiger partial charge < -0.3 is 4.74 Å². The van der Waals surface area contributed by atoms with E-state index in [-0.39, 0.29) is 28.7 Å². The first-order chi connectivity index (χ1) is 16.4. The zero-order valence-corrected chi connectivity index (χ0v) is 20.8. The van der Waals surface area contributed by atoms with Gasteiger partial charge in [-0.2, -0.15) is 0 Å². The van der Waals surface area contributed by atoms with E-state index in [4.69, 9.17) is 16.3 Å². The molecule has 1 aromatic heterocycles. The van der Waals surface area contributed by atoms with Crippen molar-refractivity contribution in [3.63, 3.8) is 0 Å². The first kappa shape index (κ1) is 23.4. The van der Waals surface area contributed by atoms with Crippen LogP contribution in [0.3, 0.4) is 0 Å². The van der Waals surface area contributed by atoms with E-state index in [0.29, 0.717) is 10.0 Å². The maximum absolute atomic E-state index is 12.9.